The summed E-state index contributed by atoms with van der Waals surface area (Å²) in [5.74, 6) is 0.661. The summed E-state index contributed by atoms with van der Waals surface area (Å²) < 4.78 is 5.06. The molecule has 0 aliphatic rings. The second kappa shape index (κ2) is 6.05. The zero-order valence-corrected chi connectivity index (χ0v) is 12.8. The molecule has 0 aliphatic heterocycles. The molecule has 1 aromatic rings. The Bertz CT molecular complexity index is 457. The number of carbonyl (C=O) groups is 1. The second-order valence-electron chi connectivity index (χ2n) is 6.25. The maximum Gasteiger partial charge on any atom is 0.308 e. The van der Waals surface area contributed by atoms with E-state index in [-0.39, 0.29) is 11.4 Å². The molecule has 0 saturated carbocycles. The maximum atomic E-state index is 10.9. The highest BCUT2D eigenvalue weighted by Crippen LogP contribution is 2.37. The van der Waals surface area contributed by atoms with E-state index in [1.165, 1.54) is 18.1 Å². The summed E-state index contributed by atoms with van der Waals surface area (Å²) in [4.78, 5) is 10.9. The van der Waals surface area contributed by atoms with Crippen LogP contribution < -0.4 is 4.74 Å². The Labute approximate surface area is 116 Å². The molecule has 0 aromatic heterocycles. The Morgan fingerprint density at radius 3 is 2.00 bits per heavy atom. The van der Waals surface area contributed by atoms with Crippen molar-refractivity contribution in [2.45, 2.75) is 47.5 Å². The number of allylic oxidation sites excluding steroid dienone is 2. The first-order chi connectivity index (χ1) is 8.70. The minimum Gasteiger partial charge on any atom is -0.427 e. The molecule has 0 bridgehead atoms. The Morgan fingerprint density at radius 2 is 1.63 bits per heavy atom. The molecule has 1 atom stereocenters. The van der Waals surface area contributed by atoms with E-state index in [0.717, 1.165) is 0 Å². The van der Waals surface area contributed by atoms with Crippen molar-refractivity contribution in [3.05, 3.63) is 41.5 Å². The number of esters is 1. The summed E-state index contributed by atoms with van der Waals surface area (Å²) >= 11 is 0. The van der Waals surface area contributed by atoms with Crippen LogP contribution in [0.3, 0.4) is 0 Å². The molecular weight excluding hydrogens is 236 g/mol. The van der Waals surface area contributed by atoms with Crippen LogP contribution in [0.5, 0.6) is 5.75 Å². The van der Waals surface area contributed by atoms with Crippen LogP contribution in [0.25, 0.3) is 0 Å². The van der Waals surface area contributed by atoms with Gasteiger partial charge in [-0.05, 0) is 37.0 Å². The van der Waals surface area contributed by atoms with Crippen LogP contribution in [-0.2, 0) is 4.79 Å². The Hall–Kier alpha value is -1.57. The van der Waals surface area contributed by atoms with E-state index >= 15 is 0 Å². The molecule has 1 rings (SSSR count). The quantitative estimate of drug-likeness (QED) is 0.447. The summed E-state index contributed by atoms with van der Waals surface area (Å²) in [7, 11) is 0. The lowest BCUT2D eigenvalue weighted by atomic mass is 9.76. The fourth-order valence-electron chi connectivity index (χ4n) is 2.09. The van der Waals surface area contributed by atoms with Crippen molar-refractivity contribution in [1.82, 2.24) is 0 Å². The number of hydrogen-bond donors (Lipinski definition) is 0. The van der Waals surface area contributed by atoms with Crippen LogP contribution in [0.4, 0.5) is 0 Å². The van der Waals surface area contributed by atoms with Crippen molar-refractivity contribution in [1.29, 1.82) is 0 Å². The van der Waals surface area contributed by atoms with Crippen LogP contribution in [-0.4, -0.2) is 5.97 Å². The highest BCUT2D eigenvalue weighted by molar-refractivity contribution is 5.69. The smallest absolute Gasteiger partial charge is 0.308 e. The fraction of sp³-hybridized carbons (Fsp3) is 0.471. The van der Waals surface area contributed by atoms with E-state index in [9.17, 15) is 4.79 Å². The Morgan fingerprint density at radius 1 is 1.11 bits per heavy atom. The second-order valence-corrected chi connectivity index (χ2v) is 6.25. The van der Waals surface area contributed by atoms with Gasteiger partial charge in [0.2, 0.25) is 0 Å². The number of rotatable bonds is 3. The van der Waals surface area contributed by atoms with Crippen LogP contribution in [0.15, 0.2) is 35.9 Å². The minimum atomic E-state index is -0.288. The van der Waals surface area contributed by atoms with Crippen LogP contribution >= 0.6 is 0 Å². The molecule has 0 fully saturated rings. The lowest BCUT2D eigenvalue weighted by Crippen LogP contribution is -2.16. The van der Waals surface area contributed by atoms with Gasteiger partial charge in [-0.25, -0.2) is 0 Å². The van der Waals surface area contributed by atoms with Crippen LogP contribution in [0.1, 0.15) is 53.0 Å². The van der Waals surface area contributed by atoms with Crippen molar-refractivity contribution >= 4 is 5.97 Å². The van der Waals surface area contributed by atoms with Gasteiger partial charge < -0.3 is 4.74 Å². The minimum absolute atomic E-state index is 0.153. The third kappa shape index (κ3) is 4.90. The van der Waals surface area contributed by atoms with E-state index in [0.29, 0.717) is 11.7 Å². The molecule has 2 nitrogen and oxygen atoms in total. The van der Waals surface area contributed by atoms with Gasteiger partial charge in [0.15, 0.2) is 0 Å². The highest BCUT2D eigenvalue weighted by atomic mass is 16.5. The largest absolute Gasteiger partial charge is 0.427 e. The molecule has 0 N–H and O–H groups in total. The maximum absolute atomic E-state index is 10.9. The SMILES string of the molecule is CC(=O)Oc1ccc(C(C=C(C)C)C(C)(C)C)cc1. The van der Waals surface area contributed by atoms with Gasteiger partial charge in [0, 0.05) is 12.8 Å². The topological polar surface area (TPSA) is 26.3 Å². The zero-order valence-electron chi connectivity index (χ0n) is 12.8. The molecule has 104 valence electrons. The normalized spacial score (nSPS) is 12.7. The van der Waals surface area contributed by atoms with E-state index in [2.05, 4.69) is 40.7 Å². The fourth-order valence-corrected chi connectivity index (χ4v) is 2.09. The van der Waals surface area contributed by atoms with Crippen molar-refractivity contribution < 1.29 is 9.53 Å². The molecule has 0 radical (unpaired) electrons. The molecule has 1 aromatic carbocycles. The Balaban J connectivity index is 3.04. The summed E-state index contributed by atoms with van der Waals surface area (Å²) in [6.45, 7) is 12.3. The predicted octanol–water partition coefficient (Wildman–Crippen LogP) is 4.71. The van der Waals surface area contributed by atoms with Gasteiger partial charge in [-0.3, -0.25) is 4.79 Å². The monoisotopic (exact) mass is 260 g/mol. The van der Waals surface area contributed by atoms with Crippen LogP contribution in [0.2, 0.25) is 0 Å². The third-order valence-corrected chi connectivity index (χ3v) is 2.93. The molecular formula is C17H24O2. The summed E-state index contributed by atoms with van der Waals surface area (Å²) in [5.41, 5.74) is 2.70. The van der Waals surface area contributed by atoms with E-state index in [1.807, 2.05) is 24.3 Å². The number of benzene rings is 1. The zero-order chi connectivity index (χ0) is 14.6. The molecule has 19 heavy (non-hydrogen) atoms. The summed E-state index contributed by atoms with van der Waals surface area (Å²) in [5, 5.41) is 0. The lowest BCUT2D eigenvalue weighted by molar-refractivity contribution is -0.131. The average Bonchev–Trinajstić information content (AvgIpc) is 2.25. The van der Waals surface area contributed by atoms with E-state index in [4.69, 9.17) is 4.74 Å². The lowest BCUT2D eigenvalue weighted by Gasteiger charge is -2.29. The standard InChI is InChI=1S/C17H24O2/c1-12(2)11-16(17(4,5)6)14-7-9-15(10-8-14)19-13(3)18/h7-11,16H,1-6H3. The Kier molecular flexibility index (Phi) is 4.93. The number of carbonyl (C=O) groups excluding carboxylic acids is 1. The van der Waals surface area contributed by atoms with Gasteiger partial charge in [-0.1, -0.05) is 44.6 Å². The van der Waals surface area contributed by atoms with Crippen molar-refractivity contribution in [2.75, 3.05) is 0 Å². The molecule has 0 heterocycles. The van der Waals surface area contributed by atoms with E-state index in [1.54, 1.807) is 0 Å². The van der Waals surface area contributed by atoms with Crippen molar-refractivity contribution in [3.8, 4) is 5.75 Å². The summed E-state index contributed by atoms with van der Waals surface area (Å²) in [6, 6.07) is 7.78. The number of ether oxygens (including phenoxy) is 1. The van der Waals surface area contributed by atoms with Crippen molar-refractivity contribution in [2.24, 2.45) is 5.41 Å². The van der Waals surface area contributed by atoms with Gasteiger partial charge >= 0.3 is 5.97 Å². The van der Waals surface area contributed by atoms with Gasteiger partial charge in [0.05, 0.1) is 0 Å². The first-order valence-corrected chi connectivity index (χ1v) is 6.63. The first kappa shape index (κ1) is 15.5. The van der Waals surface area contributed by atoms with Crippen LogP contribution in [0, 0.1) is 5.41 Å². The highest BCUT2D eigenvalue weighted by Gasteiger charge is 2.24. The predicted molar refractivity (Wildman–Crippen MR) is 79.4 cm³/mol. The average molecular weight is 260 g/mol. The third-order valence-electron chi connectivity index (χ3n) is 2.93. The van der Waals surface area contributed by atoms with Gasteiger partial charge in [-0.2, -0.15) is 0 Å². The van der Waals surface area contributed by atoms with Gasteiger partial charge in [0.1, 0.15) is 5.75 Å². The molecule has 0 spiro atoms. The molecule has 2 heteroatoms. The van der Waals surface area contributed by atoms with Crippen molar-refractivity contribution in [3.63, 3.8) is 0 Å². The molecule has 1 unspecified atom stereocenters. The van der Waals surface area contributed by atoms with Gasteiger partial charge in [0.25, 0.3) is 0 Å². The summed E-state index contributed by atoms with van der Waals surface area (Å²) in [6.07, 6.45) is 2.29. The molecule has 0 aliphatic carbocycles. The first-order valence-electron chi connectivity index (χ1n) is 6.63. The number of hydrogen-bond acceptors (Lipinski definition) is 2. The van der Waals surface area contributed by atoms with E-state index < -0.39 is 0 Å². The molecule has 0 saturated heterocycles. The van der Waals surface area contributed by atoms with Gasteiger partial charge in [-0.15, -0.1) is 0 Å². The molecule has 0 amide bonds.